The molecule has 1 aromatic rings. The third kappa shape index (κ3) is 2.47. The van der Waals surface area contributed by atoms with Crippen molar-refractivity contribution in [1.82, 2.24) is 4.31 Å². The fourth-order valence-corrected chi connectivity index (χ4v) is 3.90. The quantitative estimate of drug-likeness (QED) is 0.888. The van der Waals surface area contributed by atoms with Crippen LogP contribution in [0.25, 0.3) is 0 Å². The van der Waals surface area contributed by atoms with Crippen molar-refractivity contribution in [2.75, 3.05) is 13.1 Å². The molecule has 1 fully saturated rings. The molecule has 0 unspecified atom stereocenters. The van der Waals surface area contributed by atoms with Crippen LogP contribution >= 0.6 is 11.6 Å². The van der Waals surface area contributed by atoms with E-state index in [2.05, 4.69) is 0 Å². The molecule has 1 atom stereocenters. The minimum Gasteiger partial charge on any atom is -0.392 e. The normalized spacial score (nSPS) is 21.9. The number of hydrogen-bond acceptors (Lipinski definition) is 3. The molecule has 1 aliphatic rings. The van der Waals surface area contributed by atoms with Crippen molar-refractivity contribution >= 4 is 21.6 Å². The molecule has 0 aliphatic carbocycles. The summed E-state index contributed by atoms with van der Waals surface area (Å²) >= 11 is 5.83. The molecular weight excluding hydrogens is 262 g/mol. The number of aryl methyl sites for hydroxylation is 1. The van der Waals surface area contributed by atoms with Gasteiger partial charge >= 0.3 is 0 Å². The predicted molar refractivity (Wildman–Crippen MR) is 65.6 cm³/mol. The van der Waals surface area contributed by atoms with Crippen LogP contribution in [-0.4, -0.2) is 37.0 Å². The van der Waals surface area contributed by atoms with E-state index in [0.29, 0.717) is 23.6 Å². The summed E-state index contributed by atoms with van der Waals surface area (Å²) in [5, 5.41) is 9.80. The molecule has 1 heterocycles. The fraction of sp³-hybridized carbons (Fsp3) is 0.455. The molecule has 0 bridgehead atoms. The van der Waals surface area contributed by atoms with Gasteiger partial charge in [-0.15, -0.1) is 0 Å². The van der Waals surface area contributed by atoms with E-state index in [1.165, 1.54) is 10.4 Å². The number of sulfonamides is 1. The Hall–Kier alpha value is -0.620. The van der Waals surface area contributed by atoms with Crippen LogP contribution in [0.3, 0.4) is 0 Å². The van der Waals surface area contributed by atoms with Crippen molar-refractivity contribution in [3.05, 3.63) is 28.8 Å². The molecular formula is C11H14ClNO3S. The largest absolute Gasteiger partial charge is 0.392 e. The van der Waals surface area contributed by atoms with Gasteiger partial charge in [0.25, 0.3) is 0 Å². The topological polar surface area (TPSA) is 57.6 Å². The lowest BCUT2D eigenvalue weighted by atomic mass is 10.2. The minimum atomic E-state index is -3.54. The van der Waals surface area contributed by atoms with Gasteiger partial charge in [-0.05, 0) is 31.0 Å². The number of aliphatic hydroxyl groups is 1. The molecule has 94 valence electrons. The number of nitrogens with zero attached hydrogens (tertiary/aromatic N) is 1. The Balaban J connectivity index is 2.41. The second kappa shape index (κ2) is 4.57. The summed E-state index contributed by atoms with van der Waals surface area (Å²) < 4.78 is 25.9. The summed E-state index contributed by atoms with van der Waals surface area (Å²) in [7, 11) is -3.54. The molecule has 1 saturated heterocycles. The number of hydrogen-bond donors (Lipinski definition) is 1. The minimum absolute atomic E-state index is 0.161. The van der Waals surface area contributed by atoms with Crippen molar-refractivity contribution in [2.24, 2.45) is 0 Å². The van der Waals surface area contributed by atoms with Crippen LogP contribution in [-0.2, 0) is 10.0 Å². The van der Waals surface area contributed by atoms with Crippen LogP contribution in [0.4, 0.5) is 0 Å². The zero-order valence-corrected chi connectivity index (χ0v) is 11.0. The first-order valence-corrected chi connectivity index (χ1v) is 7.17. The fourth-order valence-electron chi connectivity index (χ4n) is 1.92. The average Bonchev–Trinajstić information content (AvgIpc) is 2.69. The van der Waals surface area contributed by atoms with Crippen LogP contribution in [0, 0.1) is 6.92 Å². The molecule has 17 heavy (non-hydrogen) atoms. The second-order valence-electron chi connectivity index (χ2n) is 4.22. The van der Waals surface area contributed by atoms with Crippen LogP contribution in [0.5, 0.6) is 0 Å². The van der Waals surface area contributed by atoms with Crippen LogP contribution in [0.1, 0.15) is 12.0 Å². The van der Waals surface area contributed by atoms with Crippen LogP contribution in [0.15, 0.2) is 23.1 Å². The number of rotatable bonds is 2. The third-order valence-corrected chi connectivity index (χ3v) is 5.14. The maximum absolute atomic E-state index is 12.3. The monoisotopic (exact) mass is 275 g/mol. The number of aliphatic hydroxyl groups excluding tert-OH is 1. The highest BCUT2D eigenvalue weighted by Crippen LogP contribution is 2.26. The highest BCUT2D eigenvalue weighted by molar-refractivity contribution is 7.89. The molecule has 0 saturated carbocycles. The summed E-state index contributed by atoms with van der Waals surface area (Å²) in [5.41, 5.74) is 0.663. The molecule has 0 aromatic heterocycles. The van der Waals surface area contributed by atoms with Gasteiger partial charge in [-0.2, -0.15) is 4.31 Å². The Morgan fingerprint density at radius 3 is 2.76 bits per heavy atom. The first-order valence-electron chi connectivity index (χ1n) is 5.35. The highest BCUT2D eigenvalue weighted by atomic mass is 35.5. The lowest BCUT2D eigenvalue weighted by Crippen LogP contribution is -2.30. The Kier molecular flexibility index (Phi) is 3.45. The van der Waals surface area contributed by atoms with Crippen LogP contribution in [0.2, 0.25) is 5.02 Å². The van der Waals surface area contributed by atoms with E-state index in [4.69, 9.17) is 11.6 Å². The zero-order chi connectivity index (χ0) is 12.6. The van der Waals surface area contributed by atoms with Crippen LogP contribution < -0.4 is 0 Å². The first kappa shape index (κ1) is 12.8. The number of benzene rings is 1. The Labute approximate surface area is 106 Å². The highest BCUT2D eigenvalue weighted by Gasteiger charge is 2.32. The van der Waals surface area contributed by atoms with Crippen molar-refractivity contribution in [3.63, 3.8) is 0 Å². The molecule has 0 spiro atoms. The van der Waals surface area contributed by atoms with Gasteiger partial charge in [-0.25, -0.2) is 8.42 Å². The molecule has 0 amide bonds. The Bertz CT molecular complexity index is 530. The zero-order valence-electron chi connectivity index (χ0n) is 9.43. The van der Waals surface area contributed by atoms with Crippen molar-refractivity contribution in [3.8, 4) is 0 Å². The predicted octanol–water partition coefficient (Wildman–Crippen LogP) is 1.40. The van der Waals surface area contributed by atoms with Gasteiger partial charge in [0.1, 0.15) is 0 Å². The van der Waals surface area contributed by atoms with Crippen molar-refractivity contribution < 1.29 is 13.5 Å². The second-order valence-corrected chi connectivity index (χ2v) is 6.56. The third-order valence-electron chi connectivity index (χ3n) is 2.89. The van der Waals surface area contributed by atoms with Gasteiger partial charge < -0.3 is 5.11 Å². The van der Waals surface area contributed by atoms with E-state index in [0.717, 1.165) is 0 Å². The summed E-state index contributed by atoms with van der Waals surface area (Å²) in [6, 6.07) is 4.80. The Morgan fingerprint density at radius 1 is 1.47 bits per heavy atom. The Morgan fingerprint density at radius 2 is 2.18 bits per heavy atom. The van der Waals surface area contributed by atoms with E-state index in [1.807, 2.05) is 0 Å². The van der Waals surface area contributed by atoms with Gasteiger partial charge in [0.2, 0.25) is 10.0 Å². The van der Waals surface area contributed by atoms with Gasteiger partial charge in [0.05, 0.1) is 11.0 Å². The summed E-state index contributed by atoms with van der Waals surface area (Å²) in [6.07, 6.45) is -0.0805. The molecule has 1 aromatic carbocycles. The van der Waals surface area contributed by atoms with Crippen molar-refractivity contribution in [2.45, 2.75) is 24.3 Å². The lowest BCUT2D eigenvalue weighted by Gasteiger charge is -2.17. The van der Waals surface area contributed by atoms with Crippen molar-refractivity contribution in [1.29, 1.82) is 0 Å². The average molecular weight is 276 g/mol. The van der Waals surface area contributed by atoms with E-state index in [1.54, 1.807) is 19.1 Å². The maximum Gasteiger partial charge on any atom is 0.243 e. The maximum atomic E-state index is 12.3. The smallest absolute Gasteiger partial charge is 0.243 e. The van der Waals surface area contributed by atoms with Gasteiger partial charge in [0, 0.05) is 18.1 Å². The molecule has 0 radical (unpaired) electrons. The SMILES string of the molecule is Cc1ccc(Cl)cc1S(=O)(=O)N1CC[C@H](O)C1. The van der Waals surface area contributed by atoms with Gasteiger partial charge in [-0.1, -0.05) is 17.7 Å². The summed E-state index contributed by atoms with van der Waals surface area (Å²) in [6.45, 7) is 2.25. The molecule has 6 heteroatoms. The van der Waals surface area contributed by atoms with Gasteiger partial charge in [-0.3, -0.25) is 0 Å². The number of halogens is 1. The first-order chi connectivity index (χ1) is 7.91. The van der Waals surface area contributed by atoms with Gasteiger partial charge in [0.15, 0.2) is 0 Å². The molecule has 4 nitrogen and oxygen atoms in total. The van der Waals surface area contributed by atoms with E-state index >= 15 is 0 Å². The summed E-state index contributed by atoms with van der Waals surface area (Å²) in [5.74, 6) is 0. The summed E-state index contributed by atoms with van der Waals surface area (Å²) in [4.78, 5) is 0.221. The van der Waals surface area contributed by atoms with E-state index in [9.17, 15) is 13.5 Å². The van der Waals surface area contributed by atoms with E-state index in [-0.39, 0.29) is 11.4 Å². The molecule has 1 aliphatic heterocycles. The standard InChI is InChI=1S/C11H14ClNO3S/c1-8-2-3-9(12)6-11(8)17(15,16)13-5-4-10(14)7-13/h2-3,6,10,14H,4-5,7H2,1H3/t10-/m0/s1. The van der Waals surface area contributed by atoms with E-state index < -0.39 is 16.1 Å². The number of β-amino-alcohol motifs (C(OH)–C–C–N with tert-alkyl or cyclic N) is 1. The molecule has 2 rings (SSSR count). The molecule has 1 N–H and O–H groups in total. The lowest BCUT2D eigenvalue weighted by molar-refractivity contribution is 0.189.